The lowest BCUT2D eigenvalue weighted by Gasteiger charge is -2.39. The van der Waals surface area contributed by atoms with E-state index in [0.29, 0.717) is 23.0 Å². The first kappa shape index (κ1) is 19.0. The first-order valence-corrected chi connectivity index (χ1v) is 10.4. The van der Waals surface area contributed by atoms with Gasteiger partial charge in [-0.05, 0) is 45.2 Å². The summed E-state index contributed by atoms with van der Waals surface area (Å²) in [5.74, 6) is 1.77. The molecule has 1 fully saturated rings. The summed E-state index contributed by atoms with van der Waals surface area (Å²) >= 11 is 1.44. The molecule has 1 aliphatic rings. The van der Waals surface area contributed by atoms with Crippen molar-refractivity contribution < 1.29 is 4.79 Å². The molecule has 26 heavy (non-hydrogen) atoms. The van der Waals surface area contributed by atoms with Crippen LogP contribution in [0.3, 0.4) is 0 Å². The maximum absolute atomic E-state index is 12.7. The van der Waals surface area contributed by atoms with Crippen LogP contribution in [0.1, 0.15) is 58.7 Å². The molecule has 0 aliphatic carbocycles. The predicted octanol–water partition coefficient (Wildman–Crippen LogP) is 4.27. The Kier molecular flexibility index (Phi) is 6.01. The average molecular weight is 373 g/mol. The normalized spacial score (nSPS) is 20.6. The highest BCUT2D eigenvalue weighted by molar-refractivity contribution is 7.99. The quantitative estimate of drug-likeness (QED) is 0.736. The maximum atomic E-state index is 12.7. The van der Waals surface area contributed by atoms with E-state index in [9.17, 15) is 4.79 Å². The van der Waals surface area contributed by atoms with E-state index in [-0.39, 0.29) is 11.8 Å². The van der Waals surface area contributed by atoms with Crippen molar-refractivity contribution in [2.75, 3.05) is 5.75 Å². The number of likely N-dealkylation sites (tertiary alicyclic amines) is 1. The van der Waals surface area contributed by atoms with Crippen molar-refractivity contribution >= 4 is 17.7 Å². The average Bonchev–Trinajstić information content (AvgIpc) is 3.05. The van der Waals surface area contributed by atoms with E-state index in [0.717, 1.165) is 24.4 Å². The molecule has 1 amide bonds. The molecule has 5 nitrogen and oxygen atoms in total. The molecule has 0 N–H and O–H groups in total. The Morgan fingerprint density at radius 1 is 1.19 bits per heavy atom. The van der Waals surface area contributed by atoms with Crippen LogP contribution in [-0.2, 0) is 4.79 Å². The molecule has 1 aromatic carbocycles. The fourth-order valence-electron chi connectivity index (χ4n) is 3.61. The van der Waals surface area contributed by atoms with Crippen molar-refractivity contribution in [2.24, 2.45) is 0 Å². The van der Waals surface area contributed by atoms with Crippen molar-refractivity contribution in [3.63, 3.8) is 0 Å². The number of carbonyl (C=O) groups is 1. The lowest BCUT2D eigenvalue weighted by Crippen LogP contribution is -2.48. The third kappa shape index (κ3) is 4.11. The van der Waals surface area contributed by atoms with Crippen LogP contribution in [0.5, 0.6) is 0 Å². The molecule has 0 spiro atoms. The lowest BCUT2D eigenvalue weighted by molar-refractivity contribution is -0.134. The van der Waals surface area contributed by atoms with Crippen LogP contribution in [0.25, 0.3) is 5.69 Å². The van der Waals surface area contributed by atoms with Crippen molar-refractivity contribution in [3.05, 3.63) is 36.2 Å². The van der Waals surface area contributed by atoms with Gasteiger partial charge in [-0.1, -0.05) is 43.8 Å². The van der Waals surface area contributed by atoms with E-state index < -0.39 is 0 Å². The molecule has 0 unspecified atom stereocenters. The van der Waals surface area contributed by atoms with Crippen molar-refractivity contribution in [2.45, 2.75) is 70.1 Å². The number of aromatic nitrogens is 3. The van der Waals surface area contributed by atoms with Gasteiger partial charge in [0.2, 0.25) is 11.1 Å². The number of piperidine rings is 1. The van der Waals surface area contributed by atoms with Gasteiger partial charge in [0.15, 0.2) is 0 Å². The zero-order valence-corrected chi connectivity index (χ0v) is 16.9. The van der Waals surface area contributed by atoms with Crippen LogP contribution in [0, 0.1) is 0 Å². The summed E-state index contributed by atoms with van der Waals surface area (Å²) in [7, 11) is 0. The molecule has 2 atom stereocenters. The van der Waals surface area contributed by atoms with E-state index in [1.807, 2.05) is 39.9 Å². The summed E-state index contributed by atoms with van der Waals surface area (Å²) in [5.41, 5.74) is 1.00. The van der Waals surface area contributed by atoms with Gasteiger partial charge in [0.1, 0.15) is 5.82 Å². The molecule has 140 valence electrons. The molecule has 2 aromatic rings. The molecule has 0 saturated carbocycles. The number of rotatable bonds is 5. The SMILES string of the molecule is CC(C)c1nc(SCC(=O)N2[C@H](C)CCC[C@H]2C)nn1-c1ccccc1. The number of benzene rings is 1. The Balaban J connectivity index is 1.73. The molecule has 1 aliphatic heterocycles. The summed E-state index contributed by atoms with van der Waals surface area (Å²) in [6.07, 6.45) is 3.40. The lowest BCUT2D eigenvalue weighted by atomic mass is 9.98. The standard InChI is InChI=1S/C20H28N4OS/c1-14(2)19-21-20(22-24(19)17-11-6-5-7-12-17)26-13-18(25)23-15(3)9-8-10-16(23)4/h5-7,11-12,14-16H,8-10,13H2,1-4H3/t15-,16-/m1/s1. The fraction of sp³-hybridized carbons (Fsp3) is 0.550. The van der Waals surface area contributed by atoms with Gasteiger partial charge in [0.25, 0.3) is 0 Å². The molecule has 6 heteroatoms. The maximum Gasteiger partial charge on any atom is 0.233 e. The van der Waals surface area contributed by atoms with Crippen LogP contribution in [-0.4, -0.2) is 43.4 Å². The Labute approximate surface area is 160 Å². The number of para-hydroxylation sites is 1. The number of amides is 1. The van der Waals surface area contributed by atoms with Gasteiger partial charge in [-0.25, -0.2) is 9.67 Å². The zero-order valence-electron chi connectivity index (χ0n) is 16.1. The van der Waals surface area contributed by atoms with E-state index in [1.165, 1.54) is 18.2 Å². The van der Waals surface area contributed by atoms with Crippen LogP contribution < -0.4 is 0 Å². The van der Waals surface area contributed by atoms with Crippen molar-refractivity contribution in [1.82, 2.24) is 19.7 Å². The summed E-state index contributed by atoms with van der Waals surface area (Å²) in [4.78, 5) is 19.5. The minimum atomic E-state index is 0.192. The van der Waals surface area contributed by atoms with Crippen molar-refractivity contribution in [1.29, 1.82) is 0 Å². The minimum Gasteiger partial charge on any atom is -0.337 e. The number of hydrogen-bond donors (Lipinski definition) is 0. The molecule has 1 saturated heterocycles. The Bertz CT molecular complexity index is 734. The topological polar surface area (TPSA) is 51.0 Å². The van der Waals surface area contributed by atoms with Gasteiger partial charge in [0.05, 0.1) is 11.4 Å². The van der Waals surface area contributed by atoms with Gasteiger partial charge in [-0.15, -0.1) is 5.10 Å². The third-order valence-corrected chi connectivity index (χ3v) is 5.76. The summed E-state index contributed by atoms with van der Waals surface area (Å²) in [6.45, 7) is 8.52. The van der Waals surface area contributed by atoms with Gasteiger partial charge in [-0.3, -0.25) is 4.79 Å². The van der Waals surface area contributed by atoms with Gasteiger partial charge >= 0.3 is 0 Å². The predicted molar refractivity (Wildman–Crippen MR) is 106 cm³/mol. The highest BCUT2D eigenvalue weighted by Gasteiger charge is 2.29. The first-order chi connectivity index (χ1) is 12.5. The number of nitrogens with zero attached hydrogens (tertiary/aromatic N) is 4. The molecule has 0 radical (unpaired) electrons. The van der Waals surface area contributed by atoms with Gasteiger partial charge in [-0.2, -0.15) is 0 Å². The first-order valence-electron chi connectivity index (χ1n) is 9.43. The monoisotopic (exact) mass is 372 g/mol. The third-order valence-electron chi connectivity index (χ3n) is 4.94. The van der Waals surface area contributed by atoms with Crippen LogP contribution in [0.15, 0.2) is 35.5 Å². The molecular weight excluding hydrogens is 344 g/mol. The minimum absolute atomic E-state index is 0.192. The highest BCUT2D eigenvalue weighted by Crippen LogP contribution is 2.26. The summed E-state index contributed by atoms with van der Waals surface area (Å²) in [5, 5.41) is 5.32. The molecule has 1 aromatic heterocycles. The zero-order chi connectivity index (χ0) is 18.7. The Morgan fingerprint density at radius 2 is 1.85 bits per heavy atom. The van der Waals surface area contributed by atoms with E-state index in [1.54, 1.807) is 0 Å². The van der Waals surface area contributed by atoms with E-state index in [2.05, 4.69) is 37.8 Å². The molecule has 0 bridgehead atoms. The summed E-state index contributed by atoms with van der Waals surface area (Å²) in [6, 6.07) is 10.7. The van der Waals surface area contributed by atoms with Crippen LogP contribution in [0.2, 0.25) is 0 Å². The molecule has 2 heterocycles. The smallest absolute Gasteiger partial charge is 0.233 e. The Morgan fingerprint density at radius 3 is 2.46 bits per heavy atom. The van der Waals surface area contributed by atoms with E-state index in [4.69, 9.17) is 0 Å². The fourth-order valence-corrected chi connectivity index (χ4v) is 4.31. The number of hydrogen-bond acceptors (Lipinski definition) is 4. The summed E-state index contributed by atoms with van der Waals surface area (Å²) < 4.78 is 1.89. The number of thioether (sulfide) groups is 1. The van der Waals surface area contributed by atoms with Gasteiger partial charge in [0, 0.05) is 18.0 Å². The second-order valence-corrected chi connectivity index (χ2v) is 8.32. The number of carbonyl (C=O) groups excluding carboxylic acids is 1. The molecule has 3 rings (SSSR count). The largest absolute Gasteiger partial charge is 0.337 e. The second kappa shape index (κ2) is 8.25. The molecular formula is C20H28N4OS. The van der Waals surface area contributed by atoms with Crippen LogP contribution >= 0.6 is 11.8 Å². The second-order valence-electron chi connectivity index (χ2n) is 7.37. The highest BCUT2D eigenvalue weighted by atomic mass is 32.2. The Hall–Kier alpha value is -1.82. The van der Waals surface area contributed by atoms with E-state index >= 15 is 0 Å². The van der Waals surface area contributed by atoms with Crippen LogP contribution in [0.4, 0.5) is 0 Å². The van der Waals surface area contributed by atoms with Crippen molar-refractivity contribution in [3.8, 4) is 5.69 Å². The van der Waals surface area contributed by atoms with Gasteiger partial charge < -0.3 is 4.90 Å².